The van der Waals surface area contributed by atoms with Crippen LogP contribution in [0.4, 0.5) is 0 Å². The first-order chi connectivity index (χ1) is 8.29. The van der Waals surface area contributed by atoms with Crippen LogP contribution in [0.25, 0.3) is 0 Å². The van der Waals surface area contributed by atoms with Crippen LogP contribution in [0.15, 0.2) is 0 Å². The Hall–Kier alpha value is -0.0800. The summed E-state index contributed by atoms with van der Waals surface area (Å²) in [6, 6.07) is 0.586. The van der Waals surface area contributed by atoms with E-state index in [9.17, 15) is 0 Å². The maximum atomic E-state index is 5.94. The summed E-state index contributed by atoms with van der Waals surface area (Å²) in [5.41, 5.74) is 5.94. The van der Waals surface area contributed by atoms with E-state index >= 15 is 0 Å². The minimum absolute atomic E-state index is 0.586. The lowest BCUT2D eigenvalue weighted by molar-refractivity contribution is 0.223. The highest BCUT2D eigenvalue weighted by atomic mass is 14.9. The molecule has 0 aliphatic heterocycles. The topological polar surface area (TPSA) is 38.0 Å². The van der Waals surface area contributed by atoms with Crippen molar-refractivity contribution in [2.24, 2.45) is 23.5 Å². The smallest absolute Gasteiger partial charge is 0.0218 e. The van der Waals surface area contributed by atoms with Gasteiger partial charge in [0.25, 0.3) is 0 Å². The molecule has 0 saturated heterocycles. The van der Waals surface area contributed by atoms with Gasteiger partial charge in [-0.1, -0.05) is 39.0 Å². The first-order valence-electron chi connectivity index (χ1n) is 7.73. The maximum Gasteiger partial charge on any atom is 0.0218 e. The van der Waals surface area contributed by atoms with Crippen molar-refractivity contribution in [3.05, 3.63) is 0 Å². The molecule has 2 heteroatoms. The van der Waals surface area contributed by atoms with Crippen molar-refractivity contribution in [1.82, 2.24) is 5.32 Å². The monoisotopic (exact) mass is 238 g/mol. The second-order valence-corrected chi connectivity index (χ2v) is 6.40. The van der Waals surface area contributed by atoms with E-state index in [2.05, 4.69) is 12.2 Å². The number of hydrogen-bond donors (Lipinski definition) is 2. The van der Waals surface area contributed by atoms with Gasteiger partial charge in [-0.15, -0.1) is 0 Å². The minimum Gasteiger partial charge on any atom is -0.329 e. The van der Waals surface area contributed by atoms with Gasteiger partial charge >= 0.3 is 0 Å². The van der Waals surface area contributed by atoms with Gasteiger partial charge < -0.3 is 11.1 Å². The molecule has 2 saturated carbocycles. The SMILES string of the molecule is CC1CCC(C(CN)NCCC2CCC2)CC1. The molecule has 0 aromatic carbocycles. The van der Waals surface area contributed by atoms with Crippen LogP contribution in [-0.4, -0.2) is 19.1 Å². The molecular formula is C15H30N2. The Balaban J connectivity index is 1.64. The predicted molar refractivity (Wildman–Crippen MR) is 73.9 cm³/mol. The van der Waals surface area contributed by atoms with Crippen molar-refractivity contribution < 1.29 is 0 Å². The third-order valence-corrected chi connectivity index (χ3v) is 5.07. The second kappa shape index (κ2) is 6.75. The normalized spacial score (nSPS) is 32.1. The Labute approximate surface area is 107 Å². The molecule has 0 heterocycles. The number of nitrogens with two attached hydrogens (primary N) is 1. The van der Waals surface area contributed by atoms with Gasteiger partial charge in [-0.25, -0.2) is 0 Å². The van der Waals surface area contributed by atoms with Gasteiger partial charge in [0.15, 0.2) is 0 Å². The fraction of sp³-hybridized carbons (Fsp3) is 1.00. The molecule has 2 aliphatic rings. The van der Waals surface area contributed by atoms with E-state index in [0.29, 0.717) is 6.04 Å². The van der Waals surface area contributed by atoms with Crippen molar-refractivity contribution in [2.45, 2.75) is 64.3 Å². The Bertz CT molecular complexity index is 205. The highest BCUT2D eigenvalue weighted by molar-refractivity contribution is 4.82. The molecule has 3 N–H and O–H groups in total. The summed E-state index contributed by atoms with van der Waals surface area (Å²) in [7, 11) is 0. The van der Waals surface area contributed by atoms with E-state index in [1.165, 1.54) is 57.9 Å². The predicted octanol–water partition coefficient (Wildman–Crippen LogP) is 2.92. The Morgan fingerprint density at radius 3 is 2.35 bits per heavy atom. The number of rotatable bonds is 6. The van der Waals surface area contributed by atoms with E-state index < -0.39 is 0 Å². The summed E-state index contributed by atoms with van der Waals surface area (Å²) in [6.45, 7) is 4.40. The molecule has 100 valence electrons. The van der Waals surface area contributed by atoms with Crippen LogP contribution >= 0.6 is 0 Å². The highest BCUT2D eigenvalue weighted by Crippen LogP contribution is 2.31. The van der Waals surface area contributed by atoms with Crippen LogP contribution in [0.2, 0.25) is 0 Å². The first-order valence-corrected chi connectivity index (χ1v) is 7.73. The minimum atomic E-state index is 0.586. The van der Waals surface area contributed by atoms with Gasteiger partial charge in [0.2, 0.25) is 0 Å². The van der Waals surface area contributed by atoms with Gasteiger partial charge in [0, 0.05) is 12.6 Å². The van der Waals surface area contributed by atoms with Crippen molar-refractivity contribution in [1.29, 1.82) is 0 Å². The molecule has 0 bridgehead atoms. The second-order valence-electron chi connectivity index (χ2n) is 6.40. The number of nitrogens with one attached hydrogen (secondary N) is 1. The van der Waals surface area contributed by atoms with E-state index in [4.69, 9.17) is 5.73 Å². The lowest BCUT2D eigenvalue weighted by Gasteiger charge is -2.33. The fourth-order valence-corrected chi connectivity index (χ4v) is 3.39. The van der Waals surface area contributed by atoms with Crippen LogP contribution < -0.4 is 11.1 Å². The van der Waals surface area contributed by atoms with Crippen LogP contribution in [-0.2, 0) is 0 Å². The summed E-state index contributed by atoms with van der Waals surface area (Å²) in [5, 5.41) is 3.73. The third kappa shape index (κ3) is 3.96. The summed E-state index contributed by atoms with van der Waals surface area (Å²) >= 11 is 0. The Kier molecular flexibility index (Phi) is 5.30. The first kappa shape index (κ1) is 13.4. The third-order valence-electron chi connectivity index (χ3n) is 5.07. The van der Waals surface area contributed by atoms with Crippen LogP contribution in [0.1, 0.15) is 58.3 Å². The summed E-state index contributed by atoms with van der Waals surface area (Å²) in [6.07, 6.45) is 11.4. The van der Waals surface area contributed by atoms with E-state index in [1.54, 1.807) is 0 Å². The summed E-state index contributed by atoms with van der Waals surface area (Å²) in [4.78, 5) is 0. The Morgan fingerprint density at radius 2 is 1.82 bits per heavy atom. The standard InChI is InChI=1S/C15H30N2/c1-12-5-7-14(8-6-12)15(11-16)17-10-9-13-3-2-4-13/h12-15,17H,2-11,16H2,1H3. The van der Waals surface area contributed by atoms with Crippen molar-refractivity contribution in [2.75, 3.05) is 13.1 Å². The number of hydrogen-bond acceptors (Lipinski definition) is 2. The van der Waals surface area contributed by atoms with Crippen LogP contribution in [0.3, 0.4) is 0 Å². The van der Waals surface area contributed by atoms with Crippen LogP contribution in [0.5, 0.6) is 0 Å². The van der Waals surface area contributed by atoms with Gasteiger partial charge in [0.1, 0.15) is 0 Å². The molecule has 0 aromatic heterocycles. The van der Waals surface area contributed by atoms with Crippen molar-refractivity contribution in [3.63, 3.8) is 0 Å². The molecule has 0 amide bonds. The van der Waals surface area contributed by atoms with Crippen molar-refractivity contribution >= 4 is 0 Å². The average Bonchev–Trinajstić information content (AvgIpc) is 2.29. The molecule has 0 aromatic rings. The molecule has 1 atom stereocenters. The molecule has 2 aliphatic carbocycles. The maximum absolute atomic E-state index is 5.94. The van der Waals surface area contributed by atoms with E-state index in [0.717, 1.165) is 24.3 Å². The lowest BCUT2D eigenvalue weighted by Crippen LogP contribution is -2.44. The fourth-order valence-electron chi connectivity index (χ4n) is 3.39. The largest absolute Gasteiger partial charge is 0.329 e. The molecule has 2 fully saturated rings. The zero-order chi connectivity index (χ0) is 12.1. The van der Waals surface area contributed by atoms with Gasteiger partial charge in [-0.05, 0) is 43.6 Å². The summed E-state index contributed by atoms with van der Waals surface area (Å²) < 4.78 is 0. The molecule has 0 spiro atoms. The molecule has 2 nitrogen and oxygen atoms in total. The van der Waals surface area contributed by atoms with E-state index in [-0.39, 0.29) is 0 Å². The van der Waals surface area contributed by atoms with Crippen LogP contribution in [0, 0.1) is 17.8 Å². The molecule has 17 heavy (non-hydrogen) atoms. The quantitative estimate of drug-likeness (QED) is 0.746. The van der Waals surface area contributed by atoms with Crippen molar-refractivity contribution in [3.8, 4) is 0 Å². The molecule has 1 unspecified atom stereocenters. The zero-order valence-electron chi connectivity index (χ0n) is 11.5. The van der Waals surface area contributed by atoms with Gasteiger partial charge in [-0.3, -0.25) is 0 Å². The molecule has 0 radical (unpaired) electrons. The summed E-state index contributed by atoms with van der Waals surface area (Å²) in [5.74, 6) is 2.81. The Morgan fingerprint density at radius 1 is 1.12 bits per heavy atom. The molecular weight excluding hydrogens is 208 g/mol. The van der Waals surface area contributed by atoms with E-state index in [1.807, 2.05) is 0 Å². The van der Waals surface area contributed by atoms with Gasteiger partial charge in [-0.2, -0.15) is 0 Å². The lowest BCUT2D eigenvalue weighted by atomic mass is 9.79. The molecule has 2 rings (SSSR count). The average molecular weight is 238 g/mol. The highest BCUT2D eigenvalue weighted by Gasteiger charge is 2.25. The van der Waals surface area contributed by atoms with Gasteiger partial charge in [0.05, 0.1) is 0 Å². The zero-order valence-corrected chi connectivity index (χ0v) is 11.5.